The number of hydrogen-bond acceptors (Lipinski definition) is 3. The fourth-order valence-electron chi connectivity index (χ4n) is 1.64. The van der Waals surface area contributed by atoms with E-state index in [-0.39, 0.29) is 11.3 Å². The van der Waals surface area contributed by atoms with E-state index in [4.69, 9.17) is 23.2 Å². The second-order valence-corrected chi connectivity index (χ2v) is 7.72. The quantitative estimate of drug-likeness (QED) is 0.900. The van der Waals surface area contributed by atoms with Gasteiger partial charge in [-0.25, -0.2) is 0 Å². The second-order valence-electron chi connectivity index (χ2n) is 5.82. The van der Waals surface area contributed by atoms with Crippen molar-refractivity contribution < 1.29 is 4.79 Å². The molecule has 0 bridgehead atoms. The average molecular weight is 356 g/mol. The molecular formula is C16H15Cl2NO2S. The highest BCUT2D eigenvalue weighted by Gasteiger charge is 2.18. The highest BCUT2D eigenvalue weighted by molar-refractivity contribution is 7.07. The predicted octanol–water partition coefficient (Wildman–Crippen LogP) is 2.97. The number of H-pyrrole nitrogens is 1. The minimum absolute atomic E-state index is 0.0488. The molecular weight excluding hydrogens is 341 g/mol. The third-order valence-corrected chi connectivity index (χ3v) is 4.58. The summed E-state index contributed by atoms with van der Waals surface area (Å²) in [6, 6.07) is 5.15. The molecule has 0 atom stereocenters. The van der Waals surface area contributed by atoms with Gasteiger partial charge in [-0.3, -0.25) is 9.59 Å². The summed E-state index contributed by atoms with van der Waals surface area (Å²) in [5, 5.41) is 0.938. The van der Waals surface area contributed by atoms with Crippen molar-refractivity contribution in [2.24, 2.45) is 5.41 Å². The zero-order chi connectivity index (χ0) is 16.5. The minimum atomic E-state index is -0.489. The highest BCUT2D eigenvalue weighted by Crippen LogP contribution is 2.24. The van der Waals surface area contributed by atoms with Crippen molar-refractivity contribution >= 4 is 52.5 Å². The van der Waals surface area contributed by atoms with E-state index in [1.807, 2.05) is 20.8 Å². The summed E-state index contributed by atoms with van der Waals surface area (Å²) in [6.07, 6.45) is 3.09. The Labute approximate surface area is 141 Å². The molecule has 1 N–H and O–H groups in total. The summed E-state index contributed by atoms with van der Waals surface area (Å²) in [5.41, 5.74) is -0.169. The molecule has 1 aromatic carbocycles. The molecule has 2 rings (SSSR count). The third-order valence-electron chi connectivity index (χ3n) is 2.96. The van der Waals surface area contributed by atoms with Crippen LogP contribution < -0.4 is 14.8 Å². The van der Waals surface area contributed by atoms with Crippen molar-refractivity contribution in [1.29, 1.82) is 0 Å². The fourth-order valence-corrected chi connectivity index (χ4v) is 3.01. The number of benzene rings is 1. The number of rotatable bonds is 2. The number of Topliss-reactive ketones (excluding diaryl/α,β-unsaturated/α-hetero) is 1. The molecule has 0 aliphatic carbocycles. The molecule has 0 fully saturated rings. The lowest BCUT2D eigenvalue weighted by Gasteiger charge is -2.12. The molecule has 0 aliphatic heterocycles. The van der Waals surface area contributed by atoms with Crippen LogP contribution in [0.4, 0.5) is 0 Å². The van der Waals surface area contributed by atoms with Crippen molar-refractivity contribution in [3.63, 3.8) is 0 Å². The maximum Gasteiger partial charge on any atom is 0.266 e. The third kappa shape index (κ3) is 3.88. The van der Waals surface area contributed by atoms with Crippen LogP contribution in [0.3, 0.4) is 0 Å². The first-order valence-electron chi connectivity index (χ1n) is 6.59. The summed E-state index contributed by atoms with van der Waals surface area (Å²) in [6.45, 7) is 5.48. The summed E-state index contributed by atoms with van der Waals surface area (Å²) in [4.78, 5) is 26.7. The van der Waals surface area contributed by atoms with E-state index < -0.39 is 5.41 Å². The lowest BCUT2D eigenvalue weighted by atomic mass is 9.91. The molecule has 0 spiro atoms. The van der Waals surface area contributed by atoms with Crippen LogP contribution in [0.25, 0.3) is 12.2 Å². The Balaban J connectivity index is 2.57. The van der Waals surface area contributed by atoms with Crippen LogP contribution in [-0.2, 0) is 4.79 Å². The number of nitrogens with one attached hydrogen (secondary N) is 1. The average Bonchev–Trinajstić information content (AvgIpc) is 2.73. The Kier molecular flexibility index (Phi) is 4.95. The van der Waals surface area contributed by atoms with Crippen molar-refractivity contribution in [3.8, 4) is 0 Å². The minimum Gasteiger partial charge on any atom is -0.313 e. The first kappa shape index (κ1) is 17.0. The molecule has 3 nitrogen and oxygen atoms in total. The zero-order valence-corrected chi connectivity index (χ0v) is 14.7. The van der Waals surface area contributed by atoms with Crippen LogP contribution in [0.5, 0.6) is 0 Å². The molecule has 0 radical (unpaired) electrons. The van der Waals surface area contributed by atoms with E-state index in [2.05, 4.69) is 4.98 Å². The Hall–Kier alpha value is -1.36. The normalized spacial score (nSPS) is 13.7. The number of hydrogen-bond donors (Lipinski definition) is 1. The van der Waals surface area contributed by atoms with E-state index in [1.165, 1.54) is 17.4 Å². The molecule has 0 aliphatic rings. The maximum atomic E-state index is 12.0. The number of ketones is 1. The molecule has 22 heavy (non-hydrogen) atoms. The van der Waals surface area contributed by atoms with Crippen molar-refractivity contribution in [2.45, 2.75) is 20.8 Å². The molecule has 6 heteroatoms. The predicted molar refractivity (Wildman–Crippen MR) is 93.1 cm³/mol. The Morgan fingerprint density at radius 1 is 1.23 bits per heavy atom. The number of carbonyl (C=O) groups is 1. The summed E-state index contributed by atoms with van der Waals surface area (Å²) < 4.78 is 0.960. The van der Waals surface area contributed by atoms with E-state index in [1.54, 1.807) is 24.3 Å². The maximum absolute atomic E-state index is 12.0. The van der Waals surface area contributed by atoms with Crippen LogP contribution in [0.1, 0.15) is 26.3 Å². The second kappa shape index (κ2) is 6.41. The lowest BCUT2D eigenvalue weighted by molar-refractivity contribution is -0.119. The Bertz CT molecular complexity index is 868. The first-order chi connectivity index (χ1) is 10.2. The molecule has 2 aromatic rings. The van der Waals surface area contributed by atoms with Gasteiger partial charge >= 0.3 is 0 Å². The van der Waals surface area contributed by atoms with Crippen LogP contribution in [-0.4, -0.2) is 10.8 Å². The van der Waals surface area contributed by atoms with Gasteiger partial charge < -0.3 is 4.98 Å². The van der Waals surface area contributed by atoms with Crippen LogP contribution in [0.15, 0.2) is 23.0 Å². The van der Waals surface area contributed by atoms with Gasteiger partial charge in [0.25, 0.3) is 5.56 Å². The summed E-state index contributed by atoms with van der Waals surface area (Å²) in [5.74, 6) is -0.0488. The zero-order valence-electron chi connectivity index (χ0n) is 12.4. The molecule has 0 saturated heterocycles. The molecule has 1 aromatic heterocycles. The SMILES string of the molecule is CC(C)(C)C(=O)/C=c1/[nH]c(=O)/c(=C/c2c(Cl)cccc2Cl)s1. The van der Waals surface area contributed by atoms with E-state index in [9.17, 15) is 9.59 Å². The van der Waals surface area contributed by atoms with Gasteiger partial charge in [0.2, 0.25) is 0 Å². The van der Waals surface area contributed by atoms with Crippen molar-refractivity contribution in [1.82, 2.24) is 4.98 Å². The number of halogens is 2. The lowest BCUT2D eigenvalue weighted by Crippen LogP contribution is -2.22. The smallest absolute Gasteiger partial charge is 0.266 e. The molecule has 0 saturated carbocycles. The molecule has 0 unspecified atom stereocenters. The van der Waals surface area contributed by atoms with Crippen molar-refractivity contribution in [2.75, 3.05) is 0 Å². The van der Waals surface area contributed by atoms with Gasteiger partial charge in [0.15, 0.2) is 5.78 Å². The Morgan fingerprint density at radius 2 is 1.82 bits per heavy atom. The molecule has 0 amide bonds. The number of carbonyl (C=O) groups excluding carboxylic acids is 1. The van der Waals surface area contributed by atoms with Crippen LogP contribution in [0, 0.1) is 5.41 Å². The van der Waals surface area contributed by atoms with Crippen LogP contribution in [0.2, 0.25) is 10.0 Å². The molecule has 116 valence electrons. The highest BCUT2D eigenvalue weighted by atomic mass is 35.5. The fraction of sp³-hybridized carbons (Fsp3) is 0.250. The van der Waals surface area contributed by atoms with Gasteiger partial charge in [0.05, 0.1) is 9.20 Å². The van der Waals surface area contributed by atoms with E-state index in [0.717, 1.165) is 0 Å². The van der Waals surface area contributed by atoms with Gasteiger partial charge in [0.1, 0.15) is 0 Å². The Morgan fingerprint density at radius 3 is 2.36 bits per heavy atom. The topological polar surface area (TPSA) is 49.9 Å². The van der Waals surface area contributed by atoms with Gasteiger partial charge in [-0.1, -0.05) is 50.0 Å². The summed E-state index contributed by atoms with van der Waals surface area (Å²) >= 11 is 13.4. The number of thiazole rings is 1. The monoisotopic (exact) mass is 355 g/mol. The largest absolute Gasteiger partial charge is 0.313 e. The van der Waals surface area contributed by atoms with E-state index in [0.29, 0.717) is 24.8 Å². The molecule has 1 heterocycles. The van der Waals surface area contributed by atoms with Crippen molar-refractivity contribution in [3.05, 3.63) is 53.4 Å². The van der Waals surface area contributed by atoms with Gasteiger partial charge in [-0.05, 0) is 18.2 Å². The standard InChI is InChI=1S/C16H15Cl2NO2S/c1-16(2,3)13(20)8-14-19-15(21)12(22-14)7-9-10(17)5-4-6-11(9)18/h4-8H,1-3H3,(H,19,21)/b12-7-,14-8-. The summed E-state index contributed by atoms with van der Waals surface area (Å²) in [7, 11) is 0. The number of aromatic amines is 1. The van der Waals surface area contributed by atoms with Crippen LogP contribution >= 0.6 is 34.5 Å². The first-order valence-corrected chi connectivity index (χ1v) is 8.17. The van der Waals surface area contributed by atoms with Gasteiger partial charge in [0, 0.05) is 27.1 Å². The van der Waals surface area contributed by atoms with Gasteiger partial charge in [-0.15, -0.1) is 11.3 Å². The van der Waals surface area contributed by atoms with E-state index >= 15 is 0 Å². The van der Waals surface area contributed by atoms with Gasteiger partial charge in [-0.2, -0.15) is 0 Å². The number of aromatic nitrogens is 1.